The predicted molar refractivity (Wildman–Crippen MR) is 82.9 cm³/mol. The lowest BCUT2D eigenvalue weighted by Crippen LogP contribution is -2.27. The van der Waals surface area contributed by atoms with Gasteiger partial charge in [0, 0.05) is 0 Å². The van der Waals surface area contributed by atoms with Crippen molar-refractivity contribution in [3.63, 3.8) is 0 Å². The minimum absolute atomic E-state index is 0.769. The van der Waals surface area contributed by atoms with Gasteiger partial charge in [-0.05, 0) is 61.6 Å². The molecule has 1 nitrogen and oxygen atoms in total. The van der Waals surface area contributed by atoms with Gasteiger partial charge in [0.2, 0.25) is 0 Å². The van der Waals surface area contributed by atoms with Gasteiger partial charge in [-0.15, -0.1) is 0 Å². The molecule has 17 heavy (non-hydrogen) atoms. The average molecular weight is 260 g/mol. The molecule has 1 unspecified atom stereocenters. The second kappa shape index (κ2) is 11.4. The van der Waals surface area contributed by atoms with Crippen LogP contribution in [0.5, 0.6) is 0 Å². The van der Waals surface area contributed by atoms with Gasteiger partial charge in [-0.25, -0.2) is 0 Å². The SMILES string of the molecule is CCSCCCC(CNCC(C)C)CC(C)C. The van der Waals surface area contributed by atoms with E-state index in [0.717, 1.165) is 24.3 Å². The van der Waals surface area contributed by atoms with Crippen molar-refractivity contribution in [2.45, 2.75) is 53.9 Å². The quantitative estimate of drug-likeness (QED) is 0.551. The zero-order chi connectivity index (χ0) is 13.1. The van der Waals surface area contributed by atoms with Crippen molar-refractivity contribution in [2.75, 3.05) is 24.6 Å². The molecule has 0 aromatic rings. The van der Waals surface area contributed by atoms with Crippen molar-refractivity contribution in [1.82, 2.24) is 5.32 Å². The van der Waals surface area contributed by atoms with Gasteiger partial charge in [0.25, 0.3) is 0 Å². The molecule has 0 heterocycles. The van der Waals surface area contributed by atoms with Crippen LogP contribution in [0.4, 0.5) is 0 Å². The summed E-state index contributed by atoms with van der Waals surface area (Å²) in [6, 6.07) is 0. The molecule has 0 spiro atoms. The molecule has 0 saturated carbocycles. The van der Waals surface area contributed by atoms with Crippen molar-refractivity contribution in [3.05, 3.63) is 0 Å². The maximum atomic E-state index is 3.62. The van der Waals surface area contributed by atoms with Crippen molar-refractivity contribution < 1.29 is 0 Å². The fraction of sp³-hybridized carbons (Fsp3) is 1.00. The van der Waals surface area contributed by atoms with Gasteiger partial charge in [0.05, 0.1) is 0 Å². The summed E-state index contributed by atoms with van der Waals surface area (Å²) in [5.74, 6) is 5.09. The first-order valence-electron chi connectivity index (χ1n) is 7.34. The molecule has 0 aromatic carbocycles. The smallest absolute Gasteiger partial charge is 0.00203 e. The summed E-state index contributed by atoms with van der Waals surface area (Å²) in [5, 5.41) is 3.62. The van der Waals surface area contributed by atoms with Gasteiger partial charge in [0.1, 0.15) is 0 Å². The second-order valence-corrected chi connectivity index (χ2v) is 7.28. The highest BCUT2D eigenvalue weighted by Crippen LogP contribution is 2.18. The van der Waals surface area contributed by atoms with E-state index in [4.69, 9.17) is 0 Å². The second-order valence-electron chi connectivity index (χ2n) is 5.89. The van der Waals surface area contributed by atoms with Crippen LogP contribution in [0.1, 0.15) is 53.9 Å². The Hall–Kier alpha value is 0.310. The van der Waals surface area contributed by atoms with Gasteiger partial charge in [0.15, 0.2) is 0 Å². The van der Waals surface area contributed by atoms with Crippen LogP contribution in [0.15, 0.2) is 0 Å². The molecule has 0 radical (unpaired) electrons. The van der Waals surface area contributed by atoms with E-state index in [1.54, 1.807) is 0 Å². The van der Waals surface area contributed by atoms with Crippen LogP contribution in [0, 0.1) is 17.8 Å². The summed E-state index contributed by atoms with van der Waals surface area (Å²) >= 11 is 2.08. The molecule has 0 amide bonds. The number of rotatable bonds is 11. The maximum absolute atomic E-state index is 3.62. The first-order chi connectivity index (χ1) is 8.06. The molecule has 0 aliphatic carbocycles. The van der Waals surface area contributed by atoms with Crippen LogP contribution in [-0.4, -0.2) is 24.6 Å². The third-order valence-electron chi connectivity index (χ3n) is 2.90. The lowest BCUT2D eigenvalue weighted by molar-refractivity contribution is 0.357. The van der Waals surface area contributed by atoms with Gasteiger partial charge >= 0.3 is 0 Å². The Labute approximate surface area is 114 Å². The molecule has 0 aliphatic heterocycles. The molecular formula is C15H33NS. The van der Waals surface area contributed by atoms with Gasteiger partial charge < -0.3 is 5.32 Å². The van der Waals surface area contributed by atoms with Crippen molar-refractivity contribution >= 4 is 11.8 Å². The molecule has 0 aliphatic rings. The number of nitrogens with one attached hydrogen (secondary N) is 1. The lowest BCUT2D eigenvalue weighted by atomic mass is 9.93. The number of hydrogen-bond acceptors (Lipinski definition) is 2. The highest BCUT2D eigenvalue weighted by atomic mass is 32.2. The average Bonchev–Trinajstić information content (AvgIpc) is 2.22. The summed E-state index contributed by atoms with van der Waals surface area (Å²) in [5.41, 5.74) is 0. The molecule has 104 valence electrons. The molecule has 0 aromatic heterocycles. The standard InChI is InChI=1S/C15H33NS/c1-6-17-9-7-8-15(10-13(2)3)12-16-11-14(4)5/h13-16H,6-12H2,1-5H3. The first kappa shape index (κ1) is 17.3. The minimum atomic E-state index is 0.769. The summed E-state index contributed by atoms with van der Waals surface area (Å²) in [4.78, 5) is 0. The predicted octanol–water partition coefficient (Wildman–Crippen LogP) is 4.43. The van der Waals surface area contributed by atoms with Crippen LogP contribution in [0.2, 0.25) is 0 Å². The molecule has 2 heteroatoms. The normalized spacial score (nSPS) is 13.6. The largest absolute Gasteiger partial charge is 0.316 e. The van der Waals surface area contributed by atoms with Gasteiger partial charge in [-0.1, -0.05) is 34.6 Å². The molecule has 1 N–H and O–H groups in total. The minimum Gasteiger partial charge on any atom is -0.316 e. The molecule has 0 rings (SSSR count). The van der Waals surface area contributed by atoms with E-state index in [2.05, 4.69) is 51.7 Å². The van der Waals surface area contributed by atoms with E-state index < -0.39 is 0 Å². The number of thioether (sulfide) groups is 1. The topological polar surface area (TPSA) is 12.0 Å². The van der Waals surface area contributed by atoms with Crippen molar-refractivity contribution in [1.29, 1.82) is 0 Å². The number of hydrogen-bond donors (Lipinski definition) is 1. The van der Waals surface area contributed by atoms with E-state index >= 15 is 0 Å². The molecule has 0 saturated heterocycles. The van der Waals surface area contributed by atoms with Crippen molar-refractivity contribution in [3.8, 4) is 0 Å². The third-order valence-corrected chi connectivity index (χ3v) is 3.88. The molecule has 0 bridgehead atoms. The van der Waals surface area contributed by atoms with Gasteiger partial charge in [-0.2, -0.15) is 11.8 Å². The van der Waals surface area contributed by atoms with Crippen molar-refractivity contribution in [2.24, 2.45) is 17.8 Å². The van der Waals surface area contributed by atoms with Crippen LogP contribution in [-0.2, 0) is 0 Å². The summed E-state index contributed by atoms with van der Waals surface area (Å²) in [6.07, 6.45) is 4.16. The van der Waals surface area contributed by atoms with E-state index in [1.165, 1.54) is 37.3 Å². The van der Waals surface area contributed by atoms with Crippen LogP contribution >= 0.6 is 11.8 Å². The fourth-order valence-corrected chi connectivity index (χ4v) is 2.82. The van der Waals surface area contributed by atoms with E-state index in [-0.39, 0.29) is 0 Å². The third kappa shape index (κ3) is 12.6. The Morgan fingerprint density at radius 2 is 1.71 bits per heavy atom. The maximum Gasteiger partial charge on any atom is -0.00203 e. The van der Waals surface area contributed by atoms with Crippen LogP contribution < -0.4 is 5.32 Å². The zero-order valence-electron chi connectivity index (χ0n) is 12.6. The van der Waals surface area contributed by atoms with E-state index in [1.807, 2.05) is 0 Å². The molecule has 0 fully saturated rings. The van der Waals surface area contributed by atoms with E-state index in [9.17, 15) is 0 Å². The molecular weight excluding hydrogens is 226 g/mol. The lowest BCUT2D eigenvalue weighted by Gasteiger charge is -2.20. The first-order valence-corrected chi connectivity index (χ1v) is 8.50. The summed E-state index contributed by atoms with van der Waals surface area (Å²) in [6.45, 7) is 13.9. The summed E-state index contributed by atoms with van der Waals surface area (Å²) in [7, 11) is 0. The monoisotopic (exact) mass is 259 g/mol. The van der Waals surface area contributed by atoms with E-state index in [0.29, 0.717) is 0 Å². The zero-order valence-corrected chi connectivity index (χ0v) is 13.4. The Bertz CT molecular complexity index is 157. The Balaban J connectivity index is 3.71. The van der Waals surface area contributed by atoms with Crippen LogP contribution in [0.25, 0.3) is 0 Å². The summed E-state index contributed by atoms with van der Waals surface area (Å²) < 4.78 is 0. The Morgan fingerprint density at radius 1 is 1.00 bits per heavy atom. The highest BCUT2D eigenvalue weighted by molar-refractivity contribution is 7.99. The Morgan fingerprint density at radius 3 is 2.24 bits per heavy atom. The Kier molecular flexibility index (Phi) is 11.6. The van der Waals surface area contributed by atoms with Gasteiger partial charge in [-0.3, -0.25) is 0 Å². The highest BCUT2D eigenvalue weighted by Gasteiger charge is 2.10. The molecule has 1 atom stereocenters. The van der Waals surface area contributed by atoms with Crippen LogP contribution in [0.3, 0.4) is 0 Å². The fourth-order valence-electron chi connectivity index (χ4n) is 2.16.